The number of nitrogens with zero attached hydrogens (tertiary/aromatic N) is 1. The minimum atomic E-state index is -0.541. The Hall–Kier alpha value is -3.23. The average molecular weight is 369 g/mol. The summed E-state index contributed by atoms with van der Waals surface area (Å²) in [7, 11) is 1.54. The van der Waals surface area contributed by atoms with Gasteiger partial charge in [-0.05, 0) is 36.4 Å². The molecule has 132 valence electrons. The second-order valence-electron chi connectivity index (χ2n) is 5.14. The largest absolute Gasteiger partial charge is 0.497 e. The lowest BCUT2D eigenvalue weighted by Gasteiger charge is -2.10. The van der Waals surface area contributed by atoms with E-state index in [2.05, 4.69) is 11.9 Å². The number of ether oxygens (including phenoxy) is 2. The summed E-state index contributed by atoms with van der Waals surface area (Å²) in [6.45, 7) is 3.89. The lowest BCUT2D eigenvalue weighted by atomic mass is 10.1. The van der Waals surface area contributed by atoms with Crippen molar-refractivity contribution < 1.29 is 14.3 Å². The fourth-order valence-corrected chi connectivity index (χ4v) is 2.29. The van der Waals surface area contributed by atoms with Crippen LogP contribution in [0.1, 0.15) is 5.56 Å². The normalized spacial score (nSPS) is 10.6. The maximum Gasteiger partial charge on any atom is 0.266 e. The molecular formula is C20H17ClN2O3. The Bertz CT molecular complexity index is 885. The molecule has 0 aromatic heterocycles. The number of nitrogens with one attached hydrogen (secondary N) is 1. The van der Waals surface area contributed by atoms with E-state index >= 15 is 0 Å². The first-order valence-corrected chi connectivity index (χ1v) is 8.05. The van der Waals surface area contributed by atoms with E-state index in [0.717, 1.165) is 0 Å². The summed E-state index contributed by atoms with van der Waals surface area (Å²) >= 11 is 5.90. The van der Waals surface area contributed by atoms with Crippen LogP contribution in [0.25, 0.3) is 6.08 Å². The van der Waals surface area contributed by atoms with E-state index in [1.54, 1.807) is 55.7 Å². The number of carbonyl (C=O) groups excluding carboxylic acids is 1. The van der Waals surface area contributed by atoms with Crippen molar-refractivity contribution in [2.75, 3.05) is 19.0 Å². The zero-order valence-electron chi connectivity index (χ0n) is 14.2. The summed E-state index contributed by atoms with van der Waals surface area (Å²) < 4.78 is 10.8. The minimum Gasteiger partial charge on any atom is -0.497 e. The van der Waals surface area contributed by atoms with Crippen molar-refractivity contribution in [1.29, 1.82) is 5.26 Å². The van der Waals surface area contributed by atoms with Gasteiger partial charge in [0.2, 0.25) is 0 Å². The van der Waals surface area contributed by atoms with Gasteiger partial charge in [0.15, 0.2) is 0 Å². The molecule has 0 saturated carbocycles. The van der Waals surface area contributed by atoms with Crippen LogP contribution in [0.2, 0.25) is 5.02 Å². The number of methoxy groups -OCH3 is 1. The van der Waals surface area contributed by atoms with Crippen LogP contribution in [0.15, 0.2) is 60.7 Å². The molecule has 0 spiro atoms. The molecule has 0 aliphatic rings. The summed E-state index contributed by atoms with van der Waals surface area (Å²) in [6, 6.07) is 13.7. The quantitative estimate of drug-likeness (QED) is 0.445. The Morgan fingerprint density at radius 1 is 1.35 bits per heavy atom. The van der Waals surface area contributed by atoms with E-state index in [1.807, 2.05) is 6.07 Å². The van der Waals surface area contributed by atoms with E-state index in [-0.39, 0.29) is 12.2 Å². The van der Waals surface area contributed by atoms with Gasteiger partial charge in [-0.15, -0.1) is 0 Å². The van der Waals surface area contributed by atoms with E-state index in [0.29, 0.717) is 27.8 Å². The van der Waals surface area contributed by atoms with Crippen LogP contribution in [0.3, 0.4) is 0 Å². The Morgan fingerprint density at radius 2 is 2.15 bits per heavy atom. The van der Waals surface area contributed by atoms with Crippen LogP contribution >= 0.6 is 11.6 Å². The Labute approximate surface area is 157 Å². The standard InChI is InChI=1S/C20H17ClN2O3/c1-3-9-26-19-12-18(25-2)8-7-14(19)10-15(13-22)20(24)23-17-6-4-5-16(21)11-17/h3-8,10-12H,1,9H2,2H3,(H,23,24)/b15-10+. The summed E-state index contributed by atoms with van der Waals surface area (Å²) in [4.78, 5) is 12.4. The zero-order valence-corrected chi connectivity index (χ0v) is 14.9. The van der Waals surface area contributed by atoms with Crippen LogP contribution in [-0.4, -0.2) is 19.6 Å². The number of hydrogen-bond acceptors (Lipinski definition) is 4. The van der Waals surface area contributed by atoms with Gasteiger partial charge in [-0.2, -0.15) is 5.26 Å². The lowest BCUT2D eigenvalue weighted by molar-refractivity contribution is -0.112. The van der Waals surface area contributed by atoms with Gasteiger partial charge in [-0.25, -0.2) is 0 Å². The highest BCUT2D eigenvalue weighted by Gasteiger charge is 2.12. The first-order valence-electron chi connectivity index (χ1n) is 7.68. The highest BCUT2D eigenvalue weighted by Crippen LogP contribution is 2.27. The van der Waals surface area contributed by atoms with Gasteiger partial charge in [0.25, 0.3) is 5.91 Å². The number of carbonyl (C=O) groups is 1. The molecule has 0 unspecified atom stereocenters. The van der Waals surface area contributed by atoms with Crippen molar-refractivity contribution >= 4 is 29.3 Å². The third kappa shape index (κ3) is 5.13. The number of halogens is 1. The molecule has 2 aromatic carbocycles. The fraction of sp³-hybridized carbons (Fsp3) is 0.100. The summed E-state index contributed by atoms with van der Waals surface area (Å²) in [6.07, 6.45) is 3.06. The Balaban J connectivity index is 2.31. The second kappa shape index (κ2) is 9.30. The van der Waals surface area contributed by atoms with Gasteiger partial charge in [0, 0.05) is 22.3 Å². The predicted octanol–water partition coefficient (Wildman–Crippen LogP) is 4.46. The van der Waals surface area contributed by atoms with Gasteiger partial charge >= 0.3 is 0 Å². The molecule has 0 saturated heterocycles. The van der Waals surface area contributed by atoms with Gasteiger partial charge in [0.1, 0.15) is 29.7 Å². The number of rotatable bonds is 7. The smallest absolute Gasteiger partial charge is 0.266 e. The molecular weight excluding hydrogens is 352 g/mol. The molecule has 0 heterocycles. The van der Waals surface area contributed by atoms with E-state index < -0.39 is 5.91 Å². The first kappa shape index (κ1) is 19.1. The fourth-order valence-electron chi connectivity index (χ4n) is 2.10. The molecule has 6 heteroatoms. The van der Waals surface area contributed by atoms with Crippen LogP contribution in [-0.2, 0) is 4.79 Å². The molecule has 0 bridgehead atoms. The molecule has 0 aliphatic heterocycles. The topological polar surface area (TPSA) is 71.3 Å². The molecule has 0 fully saturated rings. The van der Waals surface area contributed by atoms with Crippen molar-refractivity contribution in [2.45, 2.75) is 0 Å². The summed E-state index contributed by atoms with van der Waals surface area (Å²) in [5, 5.41) is 12.5. The summed E-state index contributed by atoms with van der Waals surface area (Å²) in [5.41, 5.74) is 1.01. The van der Waals surface area contributed by atoms with Crippen molar-refractivity contribution in [1.82, 2.24) is 0 Å². The minimum absolute atomic E-state index is 0.0707. The molecule has 26 heavy (non-hydrogen) atoms. The van der Waals surface area contributed by atoms with E-state index in [4.69, 9.17) is 21.1 Å². The molecule has 0 atom stereocenters. The Morgan fingerprint density at radius 3 is 2.81 bits per heavy atom. The van der Waals surface area contributed by atoms with Gasteiger partial charge in [0.05, 0.1) is 7.11 Å². The number of hydrogen-bond donors (Lipinski definition) is 1. The maximum absolute atomic E-state index is 12.4. The first-order chi connectivity index (χ1) is 12.6. The third-order valence-corrected chi connectivity index (χ3v) is 3.56. The van der Waals surface area contributed by atoms with Crippen LogP contribution in [0, 0.1) is 11.3 Å². The second-order valence-corrected chi connectivity index (χ2v) is 5.57. The number of nitriles is 1. The molecule has 2 aromatic rings. The van der Waals surface area contributed by atoms with Gasteiger partial charge in [-0.1, -0.05) is 30.3 Å². The number of anilines is 1. The van der Waals surface area contributed by atoms with E-state index in [9.17, 15) is 10.1 Å². The van der Waals surface area contributed by atoms with Crippen LogP contribution in [0.4, 0.5) is 5.69 Å². The molecule has 5 nitrogen and oxygen atoms in total. The highest BCUT2D eigenvalue weighted by atomic mass is 35.5. The monoisotopic (exact) mass is 368 g/mol. The molecule has 1 N–H and O–H groups in total. The van der Waals surface area contributed by atoms with Crippen LogP contribution in [0.5, 0.6) is 11.5 Å². The highest BCUT2D eigenvalue weighted by molar-refractivity contribution is 6.31. The average Bonchev–Trinajstić information content (AvgIpc) is 2.64. The molecule has 1 amide bonds. The summed E-state index contributed by atoms with van der Waals surface area (Å²) in [5.74, 6) is 0.538. The Kier molecular flexibility index (Phi) is 6.84. The number of benzene rings is 2. The van der Waals surface area contributed by atoms with Crippen molar-refractivity contribution in [3.05, 3.63) is 71.3 Å². The van der Waals surface area contributed by atoms with Crippen LogP contribution < -0.4 is 14.8 Å². The third-order valence-electron chi connectivity index (χ3n) is 3.32. The van der Waals surface area contributed by atoms with Gasteiger partial charge < -0.3 is 14.8 Å². The van der Waals surface area contributed by atoms with Crippen molar-refractivity contribution in [3.63, 3.8) is 0 Å². The predicted molar refractivity (Wildman–Crippen MR) is 102 cm³/mol. The lowest BCUT2D eigenvalue weighted by Crippen LogP contribution is -2.13. The maximum atomic E-state index is 12.4. The SMILES string of the molecule is C=CCOc1cc(OC)ccc1/C=C(\C#N)C(=O)Nc1cccc(Cl)c1. The van der Waals surface area contributed by atoms with Gasteiger partial charge in [-0.3, -0.25) is 4.79 Å². The van der Waals surface area contributed by atoms with Crippen molar-refractivity contribution in [2.24, 2.45) is 0 Å². The molecule has 0 radical (unpaired) electrons. The number of amides is 1. The van der Waals surface area contributed by atoms with Crippen molar-refractivity contribution in [3.8, 4) is 17.6 Å². The zero-order chi connectivity index (χ0) is 18.9. The molecule has 2 rings (SSSR count). The van der Waals surface area contributed by atoms with E-state index in [1.165, 1.54) is 6.08 Å². The molecule has 0 aliphatic carbocycles.